The third-order valence-corrected chi connectivity index (χ3v) is 2.65. The van der Waals surface area contributed by atoms with E-state index in [9.17, 15) is 9.18 Å². The van der Waals surface area contributed by atoms with E-state index < -0.39 is 17.9 Å². The van der Waals surface area contributed by atoms with E-state index in [1.54, 1.807) is 18.2 Å². The van der Waals surface area contributed by atoms with Crippen molar-refractivity contribution in [2.24, 2.45) is 0 Å². The fraction of sp³-hybridized carbons (Fsp3) is 0.133. The Labute approximate surface area is 110 Å². The molecule has 0 aliphatic carbocycles. The van der Waals surface area contributed by atoms with Crippen LogP contribution in [0.25, 0.3) is 0 Å². The van der Waals surface area contributed by atoms with Crippen molar-refractivity contribution in [2.75, 3.05) is 0 Å². The zero-order valence-corrected chi connectivity index (χ0v) is 10.1. The standard InChI is InChI=1S/C15H13FO3/c16-12-8-4-5-9-13(12)19-14(15(17)18)10-11-6-2-1-3-7-11/h1-9,14H,10H2,(H,17,18). The molecule has 2 aromatic carbocycles. The van der Waals surface area contributed by atoms with Crippen LogP contribution in [0.4, 0.5) is 4.39 Å². The summed E-state index contributed by atoms with van der Waals surface area (Å²) in [4.78, 5) is 11.2. The van der Waals surface area contributed by atoms with Gasteiger partial charge in [-0.25, -0.2) is 9.18 Å². The highest BCUT2D eigenvalue weighted by molar-refractivity contribution is 5.73. The number of aliphatic carboxylic acids is 1. The molecule has 2 aromatic rings. The zero-order valence-electron chi connectivity index (χ0n) is 10.1. The predicted molar refractivity (Wildman–Crippen MR) is 68.6 cm³/mol. The predicted octanol–water partition coefficient (Wildman–Crippen LogP) is 2.90. The average molecular weight is 260 g/mol. The third-order valence-electron chi connectivity index (χ3n) is 2.65. The van der Waals surface area contributed by atoms with Gasteiger partial charge in [-0.05, 0) is 17.7 Å². The van der Waals surface area contributed by atoms with Crippen molar-refractivity contribution in [3.05, 3.63) is 66.0 Å². The Hall–Kier alpha value is -2.36. The average Bonchev–Trinajstić information content (AvgIpc) is 2.41. The minimum Gasteiger partial charge on any atom is -0.478 e. The first-order valence-corrected chi connectivity index (χ1v) is 5.85. The Morgan fingerprint density at radius 1 is 1.11 bits per heavy atom. The Bertz CT molecular complexity index is 554. The van der Waals surface area contributed by atoms with E-state index in [0.717, 1.165) is 5.56 Å². The molecule has 19 heavy (non-hydrogen) atoms. The van der Waals surface area contributed by atoms with Crippen LogP contribution >= 0.6 is 0 Å². The van der Waals surface area contributed by atoms with E-state index in [-0.39, 0.29) is 12.2 Å². The summed E-state index contributed by atoms with van der Waals surface area (Å²) in [5, 5.41) is 9.14. The van der Waals surface area contributed by atoms with Crippen LogP contribution in [0.1, 0.15) is 5.56 Å². The summed E-state index contributed by atoms with van der Waals surface area (Å²) in [7, 11) is 0. The van der Waals surface area contributed by atoms with Crippen molar-refractivity contribution in [3.8, 4) is 5.75 Å². The first kappa shape index (κ1) is 13.1. The van der Waals surface area contributed by atoms with Gasteiger partial charge in [0.05, 0.1) is 0 Å². The van der Waals surface area contributed by atoms with Gasteiger partial charge >= 0.3 is 5.97 Å². The lowest BCUT2D eigenvalue weighted by Crippen LogP contribution is -2.29. The lowest BCUT2D eigenvalue weighted by Gasteiger charge is -2.15. The molecule has 0 radical (unpaired) electrons. The van der Waals surface area contributed by atoms with Crippen LogP contribution in [0.15, 0.2) is 54.6 Å². The van der Waals surface area contributed by atoms with Crippen LogP contribution in [-0.4, -0.2) is 17.2 Å². The normalized spacial score (nSPS) is 11.8. The van der Waals surface area contributed by atoms with Gasteiger partial charge in [0.15, 0.2) is 17.7 Å². The molecule has 0 amide bonds. The molecule has 0 aliphatic rings. The molecule has 4 heteroatoms. The molecule has 0 heterocycles. The second-order valence-corrected chi connectivity index (χ2v) is 4.06. The van der Waals surface area contributed by atoms with Crippen LogP contribution in [-0.2, 0) is 11.2 Å². The first-order valence-electron chi connectivity index (χ1n) is 5.85. The van der Waals surface area contributed by atoms with Crippen molar-refractivity contribution < 1.29 is 19.0 Å². The minimum atomic E-state index is -1.12. The van der Waals surface area contributed by atoms with Gasteiger partial charge in [0.1, 0.15) is 0 Å². The smallest absolute Gasteiger partial charge is 0.345 e. The van der Waals surface area contributed by atoms with Crippen LogP contribution < -0.4 is 4.74 Å². The minimum absolute atomic E-state index is 0.0502. The largest absolute Gasteiger partial charge is 0.478 e. The Kier molecular flexibility index (Phi) is 4.13. The highest BCUT2D eigenvalue weighted by Gasteiger charge is 2.21. The number of hydrogen-bond acceptors (Lipinski definition) is 2. The zero-order chi connectivity index (χ0) is 13.7. The number of halogens is 1. The van der Waals surface area contributed by atoms with Gasteiger partial charge < -0.3 is 9.84 Å². The molecular formula is C15H13FO3. The van der Waals surface area contributed by atoms with Gasteiger partial charge in [-0.2, -0.15) is 0 Å². The maximum absolute atomic E-state index is 13.4. The molecule has 0 saturated heterocycles. The van der Waals surface area contributed by atoms with Gasteiger partial charge in [0.2, 0.25) is 0 Å². The maximum atomic E-state index is 13.4. The molecule has 3 nitrogen and oxygen atoms in total. The third kappa shape index (κ3) is 3.55. The fourth-order valence-electron chi connectivity index (χ4n) is 1.70. The van der Waals surface area contributed by atoms with Crippen molar-refractivity contribution >= 4 is 5.97 Å². The van der Waals surface area contributed by atoms with Gasteiger partial charge in [-0.1, -0.05) is 42.5 Å². The molecule has 1 atom stereocenters. The van der Waals surface area contributed by atoms with Crippen molar-refractivity contribution in [2.45, 2.75) is 12.5 Å². The van der Waals surface area contributed by atoms with Gasteiger partial charge in [-0.15, -0.1) is 0 Å². The summed E-state index contributed by atoms with van der Waals surface area (Å²) in [5.41, 5.74) is 0.825. The number of hydrogen-bond donors (Lipinski definition) is 1. The molecule has 0 spiro atoms. The Morgan fingerprint density at radius 3 is 2.37 bits per heavy atom. The maximum Gasteiger partial charge on any atom is 0.345 e. The second kappa shape index (κ2) is 6.00. The second-order valence-electron chi connectivity index (χ2n) is 4.06. The number of para-hydroxylation sites is 1. The molecule has 0 bridgehead atoms. The first-order chi connectivity index (χ1) is 9.16. The molecule has 2 rings (SSSR count). The van der Waals surface area contributed by atoms with Crippen LogP contribution in [0, 0.1) is 5.82 Å². The highest BCUT2D eigenvalue weighted by Crippen LogP contribution is 2.18. The number of carbonyl (C=O) groups is 1. The SMILES string of the molecule is O=C(O)C(Cc1ccccc1)Oc1ccccc1F. The molecule has 0 fully saturated rings. The molecule has 98 valence electrons. The number of rotatable bonds is 5. The van der Waals surface area contributed by atoms with E-state index in [1.807, 2.05) is 18.2 Å². The fourth-order valence-corrected chi connectivity index (χ4v) is 1.70. The monoisotopic (exact) mass is 260 g/mol. The van der Waals surface area contributed by atoms with E-state index >= 15 is 0 Å². The molecule has 1 N–H and O–H groups in total. The van der Waals surface area contributed by atoms with Crippen molar-refractivity contribution in [1.82, 2.24) is 0 Å². The van der Waals surface area contributed by atoms with E-state index in [2.05, 4.69) is 0 Å². The summed E-state index contributed by atoms with van der Waals surface area (Å²) >= 11 is 0. The van der Waals surface area contributed by atoms with Crippen molar-refractivity contribution in [1.29, 1.82) is 0 Å². The summed E-state index contributed by atoms with van der Waals surface area (Å²) in [6.07, 6.45) is -0.927. The Balaban J connectivity index is 2.13. The number of carboxylic acid groups (broad SMARTS) is 1. The Morgan fingerprint density at radius 2 is 1.74 bits per heavy atom. The molecular weight excluding hydrogens is 247 g/mol. The molecule has 0 saturated carbocycles. The van der Waals surface area contributed by atoms with Crippen LogP contribution in [0.3, 0.4) is 0 Å². The molecule has 1 unspecified atom stereocenters. The number of ether oxygens (including phenoxy) is 1. The quantitative estimate of drug-likeness (QED) is 0.899. The van der Waals surface area contributed by atoms with E-state index in [0.29, 0.717) is 0 Å². The van der Waals surface area contributed by atoms with Gasteiger partial charge in [0.25, 0.3) is 0 Å². The van der Waals surface area contributed by atoms with E-state index in [4.69, 9.17) is 9.84 Å². The molecule has 0 aliphatic heterocycles. The topological polar surface area (TPSA) is 46.5 Å². The summed E-state index contributed by atoms with van der Waals surface area (Å²) < 4.78 is 18.7. The summed E-state index contributed by atoms with van der Waals surface area (Å²) in [6.45, 7) is 0. The highest BCUT2D eigenvalue weighted by atomic mass is 19.1. The number of carboxylic acids is 1. The van der Waals surface area contributed by atoms with Crippen molar-refractivity contribution in [3.63, 3.8) is 0 Å². The number of benzene rings is 2. The van der Waals surface area contributed by atoms with E-state index in [1.165, 1.54) is 18.2 Å². The lowest BCUT2D eigenvalue weighted by molar-refractivity contribution is -0.145. The van der Waals surface area contributed by atoms with Crippen LogP contribution in [0.5, 0.6) is 5.75 Å². The lowest BCUT2D eigenvalue weighted by atomic mass is 10.1. The van der Waals surface area contributed by atoms with Gasteiger partial charge in [-0.3, -0.25) is 0 Å². The summed E-state index contributed by atoms with van der Waals surface area (Å²) in [5.74, 6) is -1.74. The van der Waals surface area contributed by atoms with Gasteiger partial charge in [0, 0.05) is 6.42 Å². The summed E-state index contributed by atoms with van der Waals surface area (Å²) in [6, 6.07) is 14.9. The van der Waals surface area contributed by atoms with Crippen LogP contribution in [0.2, 0.25) is 0 Å². The molecule has 0 aromatic heterocycles.